The standard InChI is InChI=1S/C17H22N4O/c1-3-4-5-6-15-14(13-9-11-19-12-10-13)7-8-16(20-15)21-17(22)18-2/h7-12H,3-6H2,1-2H3,(H2,18,20,21,22). The van der Waals surface area contributed by atoms with Gasteiger partial charge >= 0.3 is 6.03 Å². The molecule has 0 atom stereocenters. The highest BCUT2D eigenvalue weighted by atomic mass is 16.2. The molecule has 2 N–H and O–H groups in total. The van der Waals surface area contributed by atoms with E-state index in [9.17, 15) is 4.79 Å². The zero-order valence-electron chi connectivity index (χ0n) is 13.1. The van der Waals surface area contributed by atoms with Crippen molar-refractivity contribution in [3.05, 3.63) is 42.4 Å². The molecule has 0 aliphatic heterocycles. The van der Waals surface area contributed by atoms with E-state index in [1.54, 1.807) is 19.4 Å². The Labute approximate surface area is 131 Å². The van der Waals surface area contributed by atoms with Gasteiger partial charge in [0.15, 0.2) is 0 Å². The first-order chi connectivity index (χ1) is 10.7. The van der Waals surface area contributed by atoms with Crippen LogP contribution in [0.2, 0.25) is 0 Å². The third-order valence-electron chi connectivity index (χ3n) is 3.45. The number of rotatable bonds is 6. The van der Waals surface area contributed by atoms with Gasteiger partial charge in [0.1, 0.15) is 5.82 Å². The zero-order valence-corrected chi connectivity index (χ0v) is 13.1. The average molecular weight is 298 g/mol. The fourth-order valence-electron chi connectivity index (χ4n) is 2.28. The SMILES string of the molecule is CCCCCc1nc(NC(=O)NC)ccc1-c1ccncc1. The monoisotopic (exact) mass is 298 g/mol. The first-order valence-corrected chi connectivity index (χ1v) is 7.63. The minimum atomic E-state index is -0.260. The van der Waals surface area contributed by atoms with Gasteiger partial charge in [-0.3, -0.25) is 10.3 Å². The lowest BCUT2D eigenvalue weighted by atomic mass is 10.0. The Morgan fingerprint density at radius 1 is 1.14 bits per heavy atom. The Morgan fingerprint density at radius 2 is 1.91 bits per heavy atom. The Hall–Kier alpha value is -2.43. The molecule has 0 fully saturated rings. The highest BCUT2D eigenvalue weighted by Gasteiger charge is 2.09. The zero-order chi connectivity index (χ0) is 15.8. The molecule has 2 amide bonds. The third kappa shape index (κ3) is 4.28. The maximum Gasteiger partial charge on any atom is 0.320 e. The van der Waals surface area contributed by atoms with Crippen LogP contribution in [-0.2, 0) is 6.42 Å². The molecule has 0 aliphatic carbocycles. The number of urea groups is 1. The summed E-state index contributed by atoms with van der Waals surface area (Å²) < 4.78 is 0. The summed E-state index contributed by atoms with van der Waals surface area (Å²) in [5.74, 6) is 0.573. The van der Waals surface area contributed by atoms with Crippen LogP contribution < -0.4 is 10.6 Å². The summed E-state index contributed by atoms with van der Waals surface area (Å²) in [7, 11) is 1.59. The van der Waals surface area contributed by atoms with E-state index in [-0.39, 0.29) is 6.03 Å². The molecular weight excluding hydrogens is 276 g/mol. The molecule has 0 radical (unpaired) electrons. The van der Waals surface area contributed by atoms with Gasteiger partial charge in [0.2, 0.25) is 0 Å². The molecule has 0 saturated heterocycles. The normalized spacial score (nSPS) is 10.3. The number of aromatic nitrogens is 2. The van der Waals surface area contributed by atoms with Gasteiger partial charge in [-0.1, -0.05) is 19.8 Å². The molecule has 116 valence electrons. The molecule has 0 aromatic carbocycles. The Kier molecular flexibility index (Phi) is 5.89. The van der Waals surface area contributed by atoms with Gasteiger partial charge in [-0.15, -0.1) is 0 Å². The first-order valence-electron chi connectivity index (χ1n) is 7.63. The van der Waals surface area contributed by atoms with Gasteiger partial charge in [0.05, 0.1) is 5.69 Å². The molecule has 22 heavy (non-hydrogen) atoms. The number of anilines is 1. The van der Waals surface area contributed by atoms with E-state index in [1.807, 2.05) is 24.3 Å². The molecule has 5 heteroatoms. The van der Waals surface area contributed by atoms with Crippen molar-refractivity contribution in [2.75, 3.05) is 12.4 Å². The van der Waals surface area contributed by atoms with E-state index in [0.29, 0.717) is 5.82 Å². The average Bonchev–Trinajstić information content (AvgIpc) is 2.56. The fourth-order valence-corrected chi connectivity index (χ4v) is 2.28. The maximum absolute atomic E-state index is 11.4. The van der Waals surface area contributed by atoms with Crippen molar-refractivity contribution < 1.29 is 4.79 Å². The quantitative estimate of drug-likeness (QED) is 0.800. The number of aryl methyl sites for hydroxylation is 1. The molecule has 2 rings (SSSR count). The van der Waals surface area contributed by atoms with Crippen LogP contribution in [0.5, 0.6) is 0 Å². The van der Waals surface area contributed by atoms with Crippen molar-refractivity contribution >= 4 is 11.8 Å². The number of carbonyl (C=O) groups excluding carboxylic acids is 1. The largest absolute Gasteiger partial charge is 0.341 e. The molecule has 0 spiro atoms. The number of pyridine rings is 2. The second-order valence-electron chi connectivity index (χ2n) is 5.09. The second-order valence-corrected chi connectivity index (χ2v) is 5.09. The molecule has 0 aliphatic rings. The summed E-state index contributed by atoms with van der Waals surface area (Å²) in [4.78, 5) is 20.1. The smallest absolute Gasteiger partial charge is 0.320 e. The number of amides is 2. The highest BCUT2D eigenvalue weighted by molar-refractivity contribution is 5.88. The minimum Gasteiger partial charge on any atom is -0.341 e. The Bertz CT molecular complexity index is 613. The van der Waals surface area contributed by atoms with Crippen LogP contribution in [0.4, 0.5) is 10.6 Å². The van der Waals surface area contributed by atoms with Crippen LogP contribution in [-0.4, -0.2) is 23.0 Å². The van der Waals surface area contributed by atoms with Gasteiger partial charge < -0.3 is 5.32 Å². The molecule has 0 bridgehead atoms. The lowest BCUT2D eigenvalue weighted by Gasteiger charge is -2.11. The molecule has 2 heterocycles. The van der Waals surface area contributed by atoms with Gasteiger partial charge in [-0.2, -0.15) is 0 Å². The number of hydrogen-bond donors (Lipinski definition) is 2. The van der Waals surface area contributed by atoms with Crippen molar-refractivity contribution in [2.45, 2.75) is 32.6 Å². The van der Waals surface area contributed by atoms with Gasteiger partial charge in [-0.05, 0) is 42.7 Å². The van der Waals surface area contributed by atoms with Gasteiger partial charge in [-0.25, -0.2) is 9.78 Å². The van der Waals surface area contributed by atoms with Gasteiger partial charge in [0, 0.05) is 25.0 Å². The fraction of sp³-hybridized carbons (Fsp3) is 0.353. The number of unbranched alkanes of at least 4 members (excludes halogenated alkanes) is 2. The van der Waals surface area contributed by atoms with Crippen molar-refractivity contribution in [2.24, 2.45) is 0 Å². The van der Waals surface area contributed by atoms with Crippen LogP contribution in [0, 0.1) is 0 Å². The van der Waals surface area contributed by atoms with E-state index in [2.05, 4.69) is 27.5 Å². The number of hydrogen-bond acceptors (Lipinski definition) is 3. The summed E-state index contributed by atoms with van der Waals surface area (Å²) in [6, 6.07) is 7.53. The minimum absolute atomic E-state index is 0.260. The van der Waals surface area contributed by atoms with E-state index in [4.69, 9.17) is 0 Å². The number of nitrogens with one attached hydrogen (secondary N) is 2. The van der Waals surface area contributed by atoms with E-state index in [0.717, 1.165) is 29.7 Å². The molecular formula is C17H22N4O. The second kappa shape index (κ2) is 8.12. The molecule has 0 unspecified atom stereocenters. The predicted molar refractivity (Wildman–Crippen MR) is 88.8 cm³/mol. The van der Waals surface area contributed by atoms with Crippen LogP contribution in [0.25, 0.3) is 11.1 Å². The van der Waals surface area contributed by atoms with Gasteiger partial charge in [0.25, 0.3) is 0 Å². The third-order valence-corrected chi connectivity index (χ3v) is 3.45. The maximum atomic E-state index is 11.4. The Balaban J connectivity index is 2.29. The topological polar surface area (TPSA) is 66.9 Å². The van der Waals surface area contributed by atoms with E-state index < -0.39 is 0 Å². The van der Waals surface area contributed by atoms with Crippen LogP contribution in [0.3, 0.4) is 0 Å². The van der Waals surface area contributed by atoms with Crippen molar-refractivity contribution in [1.29, 1.82) is 0 Å². The number of carbonyl (C=O) groups is 1. The highest BCUT2D eigenvalue weighted by Crippen LogP contribution is 2.25. The van der Waals surface area contributed by atoms with Crippen LogP contribution in [0.15, 0.2) is 36.7 Å². The Morgan fingerprint density at radius 3 is 2.59 bits per heavy atom. The summed E-state index contributed by atoms with van der Waals surface area (Å²) in [6.07, 6.45) is 7.88. The summed E-state index contributed by atoms with van der Waals surface area (Å²) in [5.41, 5.74) is 3.20. The summed E-state index contributed by atoms with van der Waals surface area (Å²) in [5, 5.41) is 5.26. The molecule has 0 saturated carbocycles. The van der Waals surface area contributed by atoms with Crippen molar-refractivity contribution in [3.63, 3.8) is 0 Å². The van der Waals surface area contributed by atoms with Crippen LogP contribution >= 0.6 is 0 Å². The van der Waals surface area contributed by atoms with E-state index >= 15 is 0 Å². The summed E-state index contributed by atoms with van der Waals surface area (Å²) >= 11 is 0. The van der Waals surface area contributed by atoms with Crippen molar-refractivity contribution in [3.8, 4) is 11.1 Å². The summed E-state index contributed by atoms with van der Waals surface area (Å²) in [6.45, 7) is 2.18. The predicted octanol–water partition coefficient (Wildman–Crippen LogP) is 3.63. The lowest BCUT2D eigenvalue weighted by Crippen LogP contribution is -2.25. The van der Waals surface area contributed by atoms with Crippen molar-refractivity contribution in [1.82, 2.24) is 15.3 Å². The number of nitrogens with zero attached hydrogens (tertiary/aromatic N) is 2. The lowest BCUT2D eigenvalue weighted by molar-refractivity contribution is 0.254. The molecule has 5 nitrogen and oxygen atoms in total. The van der Waals surface area contributed by atoms with Crippen LogP contribution in [0.1, 0.15) is 31.9 Å². The molecule has 2 aromatic rings. The molecule has 2 aromatic heterocycles. The first kappa shape index (κ1) is 15.9. The van der Waals surface area contributed by atoms with E-state index in [1.165, 1.54) is 12.8 Å².